The molecule has 32 heavy (non-hydrogen) atoms. The smallest absolute Gasteiger partial charge is 0.249 e. The van der Waals surface area contributed by atoms with Crippen molar-refractivity contribution in [1.82, 2.24) is 4.90 Å². The lowest BCUT2D eigenvalue weighted by atomic mass is 9.61. The zero-order valence-corrected chi connectivity index (χ0v) is 20.2. The molecule has 1 saturated heterocycles. The topological polar surface area (TPSA) is 43.7 Å². The summed E-state index contributed by atoms with van der Waals surface area (Å²) in [6, 6.07) is 0. The van der Waals surface area contributed by atoms with E-state index in [4.69, 9.17) is 0 Å². The maximum absolute atomic E-state index is 13.7. The highest BCUT2D eigenvalue weighted by Gasteiger charge is 2.51. The predicted octanol–water partition coefficient (Wildman–Crippen LogP) is 5.57. The SMILES string of the molecule is CC(CN1CC[C@H](C(C)(F)F)C1)[C@H]1CC[C@H]2/C(=C/C=C3/C[C@@H](O)C[C@@H](O)C3)CCC[C@]12C. The minimum absolute atomic E-state index is 0.293. The van der Waals surface area contributed by atoms with Gasteiger partial charge in [0.05, 0.1) is 12.2 Å². The van der Waals surface area contributed by atoms with E-state index in [-0.39, 0.29) is 0 Å². The number of rotatable bonds is 5. The highest BCUT2D eigenvalue weighted by atomic mass is 19.3. The second-order valence-corrected chi connectivity index (χ2v) is 11.8. The van der Waals surface area contributed by atoms with Crippen molar-refractivity contribution >= 4 is 0 Å². The number of hydrogen-bond acceptors (Lipinski definition) is 3. The van der Waals surface area contributed by atoms with Crippen molar-refractivity contribution in [2.45, 2.75) is 96.7 Å². The van der Waals surface area contributed by atoms with Crippen molar-refractivity contribution in [2.75, 3.05) is 19.6 Å². The van der Waals surface area contributed by atoms with E-state index >= 15 is 0 Å². The van der Waals surface area contributed by atoms with E-state index in [2.05, 4.69) is 30.9 Å². The molecule has 3 saturated carbocycles. The van der Waals surface area contributed by atoms with Crippen molar-refractivity contribution in [3.05, 3.63) is 23.3 Å². The van der Waals surface area contributed by atoms with Crippen LogP contribution in [0.2, 0.25) is 0 Å². The molecule has 0 spiro atoms. The van der Waals surface area contributed by atoms with Gasteiger partial charge in [-0.25, -0.2) is 8.78 Å². The van der Waals surface area contributed by atoms with E-state index in [1.54, 1.807) is 5.57 Å². The zero-order valence-electron chi connectivity index (χ0n) is 20.2. The molecule has 4 fully saturated rings. The number of hydrogen-bond donors (Lipinski definition) is 2. The summed E-state index contributed by atoms with van der Waals surface area (Å²) < 4.78 is 27.5. The second-order valence-electron chi connectivity index (χ2n) is 11.8. The van der Waals surface area contributed by atoms with Gasteiger partial charge in [0.15, 0.2) is 0 Å². The summed E-state index contributed by atoms with van der Waals surface area (Å²) in [5.74, 6) is -1.29. The Hall–Kier alpha value is -0.780. The summed E-state index contributed by atoms with van der Waals surface area (Å²) >= 11 is 0. The number of alkyl halides is 2. The third-order valence-electron chi connectivity index (χ3n) is 9.33. The Labute approximate surface area is 193 Å². The Balaban J connectivity index is 1.41. The van der Waals surface area contributed by atoms with E-state index in [0.29, 0.717) is 55.4 Å². The maximum atomic E-state index is 13.7. The van der Waals surface area contributed by atoms with Gasteiger partial charge in [0.25, 0.3) is 0 Å². The lowest BCUT2D eigenvalue weighted by molar-refractivity contribution is -0.0360. The van der Waals surface area contributed by atoms with Crippen LogP contribution in [0.25, 0.3) is 0 Å². The summed E-state index contributed by atoms with van der Waals surface area (Å²) in [4.78, 5) is 2.28. The van der Waals surface area contributed by atoms with E-state index in [9.17, 15) is 19.0 Å². The molecule has 2 N–H and O–H groups in total. The van der Waals surface area contributed by atoms with Crippen LogP contribution in [0.5, 0.6) is 0 Å². The molecule has 5 heteroatoms. The number of aliphatic hydroxyl groups excluding tert-OH is 2. The Morgan fingerprint density at radius 2 is 1.88 bits per heavy atom. The van der Waals surface area contributed by atoms with Gasteiger partial charge in [0, 0.05) is 19.0 Å². The van der Waals surface area contributed by atoms with Crippen LogP contribution >= 0.6 is 0 Å². The van der Waals surface area contributed by atoms with Crippen LogP contribution in [0.4, 0.5) is 8.78 Å². The average Bonchev–Trinajstić information content (AvgIpc) is 3.29. The van der Waals surface area contributed by atoms with Gasteiger partial charge in [-0.1, -0.05) is 37.1 Å². The molecule has 0 amide bonds. The maximum Gasteiger partial charge on any atom is 0.249 e. The first-order chi connectivity index (χ1) is 15.1. The average molecular weight is 452 g/mol. The monoisotopic (exact) mass is 451 g/mol. The Morgan fingerprint density at radius 3 is 2.53 bits per heavy atom. The number of aliphatic hydroxyl groups is 2. The van der Waals surface area contributed by atoms with Crippen molar-refractivity contribution in [1.29, 1.82) is 0 Å². The van der Waals surface area contributed by atoms with Crippen LogP contribution < -0.4 is 0 Å². The number of allylic oxidation sites excluding steroid dienone is 3. The van der Waals surface area contributed by atoms with Gasteiger partial charge in [0.1, 0.15) is 0 Å². The fourth-order valence-corrected chi connectivity index (χ4v) is 7.69. The van der Waals surface area contributed by atoms with E-state index in [1.807, 2.05) is 0 Å². The summed E-state index contributed by atoms with van der Waals surface area (Å²) in [6.45, 7) is 8.19. The highest BCUT2D eigenvalue weighted by molar-refractivity contribution is 5.26. The quantitative estimate of drug-likeness (QED) is 0.574. The van der Waals surface area contributed by atoms with Crippen LogP contribution in [0.15, 0.2) is 23.3 Å². The molecule has 0 radical (unpaired) electrons. The fourth-order valence-electron chi connectivity index (χ4n) is 7.69. The van der Waals surface area contributed by atoms with Gasteiger partial charge in [-0.15, -0.1) is 0 Å². The molecule has 1 aliphatic heterocycles. The molecule has 4 rings (SSSR count). The first kappa shape index (κ1) is 24.3. The Morgan fingerprint density at radius 1 is 1.16 bits per heavy atom. The van der Waals surface area contributed by atoms with Gasteiger partial charge in [0.2, 0.25) is 5.92 Å². The van der Waals surface area contributed by atoms with Crippen LogP contribution in [0, 0.1) is 29.1 Å². The predicted molar refractivity (Wildman–Crippen MR) is 125 cm³/mol. The van der Waals surface area contributed by atoms with Crippen LogP contribution in [-0.4, -0.2) is 52.9 Å². The summed E-state index contributed by atoms with van der Waals surface area (Å²) in [6.07, 6.45) is 12.2. The van der Waals surface area contributed by atoms with Crippen molar-refractivity contribution < 1.29 is 19.0 Å². The third-order valence-corrected chi connectivity index (χ3v) is 9.33. The number of likely N-dealkylation sites (tertiary alicyclic amines) is 1. The van der Waals surface area contributed by atoms with E-state index in [1.165, 1.54) is 25.7 Å². The molecule has 1 heterocycles. The van der Waals surface area contributed by atoms with Crippen molar-refractivity contribution in [3.8, 4) is 0 Å². The molecule has 3 aliphatic carbocycles. The highest BCUT2D eigenvalue weighted by Crippen LogP contribution is 2.59. The lowest BCUT2D eigenvalue weighted by Gasteiger charge is -2.45. The minimum atomic E-state index is -2.57. The molecule has 3 nitrogen and oxygen atoms in total. The molecular formula is C27H43F2NO2. The van der Waals surface area contributed by atoms with Crippen LogP contribution in [0.3, 0.4) is 0 Å². The van der Waals surface area contributed by atoms with Gasteiger partial charge >= 0.3 is 0 Å². The van der Waals surface area contributed by atoms with E-state index < -0.39 is 24.0 Å². The molecule has 182 valence electrons. The second kappa shape index (κ2) is 9.46. The molecule has 4 aliphatic rings. The van der Waals surface area contributed by atoms with Crippen LogP contribution in [-0.2, 0) is 0 Å². The van der Waals surface area contributed by atoms with Gasteiger partial charge < -0.3 is 15.1 Å². The number of fused-ring (bicyclic) bond motifs is 1. The zero-order chi connectivity index (χ0) is 23.1. The first-order valence-corrected chi connectivity index (χ1v) is 12.9. The summed E-state index contributed by atoms with van der Waals surface area (Å²) in [5, 5.41) is 20.0. The van der Waals surface area contributed by atoms with Gasteiger partial charge in [-0.2, -0.15) is 0 Å². The first-order valence-electron chi connectivity index (χ1n) is 12.9. The largest absolute Gasteiger partial charge is 0.393 e. The molecule has 0 bridgehead atoms. The molecule has 0 aromatic heterocycles. The van der Waals surface area contributed by atoms with E-state index in [0.717, 1.165) is 32.0 Å². The molecule has 7 atom stereocenters. The fraction of sp³-hybridized carbons (Fsp3) is 0.852. The standard InChI is InChI=1S/C27H43F2NO2/c1-18(16-30-12-10-21(17-30)27(3,28)29)24-8-9-25-20(5-4-11-26(24,25)2)7-6-19-13-22(31)15-23(32)14-19/h6-7,18,21-25,31-32H,4-5,8-17H2,1-3H3/b19-6-,20-7+/t18?,21-,22+,23-,24+,25-,26+/m0/s1. The minimum Gasteiger partial charge on any atom is -0.393 e. The molecular weight excluding hydrogens is 408 g/mol. The van der Waals surface area contributed by atoms with Gasteiger partial charge in [-0.05, 0) is 94.4 Å². The van der Waals surface area contributed by atoms with Gasteiger partial charge in [-0.3, -0.25) is 0 Å². The molecule has 0 aromatic carbocycles. The van der Waals surface area contributed by atoms with Crippen LogP contribution in [0.1, 0.15) is 78.6 Å². The molecule has 1 unspecified atom stereocenters. The Bertz CT molecular complexity index is 718. The van der Waals surface area contributed by atoms with Crippen molar-refractivity contribution in [2.24, 2.45) is 29.1 Å². The normalized spacial score (nSPS) is 42.5. The summed E-state index contributed by atoms with van der Waals surface area (Å²) in [7, 11) is 0. The lowest BCUT2D eigenvalue weighted by Crippen LogP contribution is -2.40. The molecule has 0 aromatic rings. The van der Waals surface area contributed by atoms with Crippen molar-refractivity contribution in [3.63, 3.8) is 0 Å². The number of halogens is 2. The summed E-state index contributed by atoms with van der Waals surface area (Å²) in [5.41, 5.74) is 3.00. The number of nitrogens with zero attached hydrogens (tertiary/aromatic N) is 1. The third kappa shape index (κ3) is 5.15. The Kier molecular flexibility index (Phi) is 7.20.